The molecule has 37 heavy (non-hydrogen) atoms. The van der Waals surface area contributed by atoms with Crippen molar-refractivity contribution in [3.63, 3.8) is 0 Å². The normalized spacial score (nSPS) is 17.5. The van der Waals surface area contributed by atoms with Crippen LogP contribution in [-0.4, -0.2) is 34.7 Å². The minimum Gasteiger partial charge on any atom is -0.406 e. The Morgan fingerprint density at radius 2 is 1.68 bits per heavy atom. The summed E-state index contributed by atoms with van der Waals surface area (Å²) >= 11 is 11.5. The van der Waals surface area contributed by atoms with Gasteiger partial charge in [-0.25, -0.2) is 0 Å². The van der Waals surface area contributed by atoms with Gasteiger partial charge in [-0.15, -0.1) is 13.2 Å². The van der Waals surface area contributed by atoms with Gasteiger partial charge in [-0.1, -0.05) is 54.1 Å². The highest BCUT2D eigenvalue weighted by molar-refractivity contribution is 7.80. The van der Waals surface area contributed by atoms with Gasteiger partial charge in [0.15, 0.2) is 10.7 Å². The fraction of sp³-hybridized carbons (Fsp3) is 0.192. The quantitative estimate of drug-likeness (QED) is 0.368. The van der Waals surface area contributed by atoms with Crippen molar-refractivity contribution in [3.8, 4) is 5.75 Å². The number of rotatable bonds is 8. The molecule has 1 aliphatic rings. The third-order valence-electron chi connectivity index (χ3n) is 5.88. The average molecular weight is 548 g/mol. The Hall–Kier alpha value is -3.63. The highest BCUT2D eigenvalue weighted by Crippen LogP contribution is 2.37. The molecule has 0 aliphatic carbocycles. The van der Waals surface area contributed by atoms with Crippen molar-refractivity contribution in [1.29, 1.82) is 0 Å². The molecule has 3 aromatic rings. The van der Waals surface area contributed by atoms with Crippen molar-refractivity contribution in [3.05, 3.63) is 95.0 Å². The molecule has 6 nitrogen and oxygen atoms in total. The third-order valence-corrected chi connectivity index (χ3v) is 6.45. The molecular formula is C26H21ClF3N3O3S. The lowest BCUT2D eigenvalue weighted by molar-refractivity contribution is -0.274. The zero-order valence-electron chi connectivity index (χ0n) is 19.2. The standard InChI is InChI=1S/C26H21ClF3N3O3S/c27-19-8-6-17(7-9-19)14-15-33-24(37)32-23(35)25(33,18-4-2-1-3-5-18)16-22(34)31-20-10-12-21(13-11-20)36-26(28,29)30/h1-13H,14-16H2,(H,31,34)(H,32,35,37). The molecule has 4 rings (SSSR count). The second-order valence-electron chi connectivity index (χ2n) is 8.31. The summed E-state index contributed by atoms with van der Waals surface area (Å²) in [7, 11) is 0. The van der Waals surface area contributed by atoms with E-state index >= 15 is 0 Å². The molecule has 0 aromatic heterocycles. The number of benzene rings is 3. The van der Waals surface area contributed by atoms with E-state index in [9.17, 15) is 22.8 Å². The van der Waals surface area contributed by atoms with Crippen molar-refractivity contribution in [1.82, 2.24) is 10.2 Å². The van der Waals surface area contributed by atoms with Crippen molar-refractivity contribution < 1.29 is 27.5 Å². The second kappa shape index (κ2) is 10.8. The van der Waals surface area contributed by atoms with E-state index in [2.05, 4.69) is 15.4 Å². The number of amides is 2. The van der Waals surface area contributed by atoms with E-state index in [0.717, 1.165) is 17.7 Å². The zero-order valence-corrected chi connectivity index (χ0v) is 20.8. The lowest BCUT2D eigenvalue weighted by Crippen LogP contribution is -2.50. The van der Waals surface area contributed by atoms with Crippen LogP contribution in [0.15, 0.2) is 78.9 Å². The summed E-state index contributed by atoms with van der Waals surface area (Å²) in [6.45, 7) is 0.338. The Bertz CT molecular complexity index is 1290. The van der Waals surface area contributed by atoms with E-state index in [4.69, 9.17) is 23.8 Å². The van der Waals surface area contributed by atoms with Gasteiger partial charge >= 0.3 is 6.36 Å². The molecule has 0 bridgehead atoms. The molecule has 2 amide bonds. The van der Waals surface area contributed by atoms with Gasteiger partial charge in [0.1, 0.15) is 5.75 Å². The predicted molar refractivity (Wildman–Crippen MR) is 137 cm³/mol. The van der Waals surface area contributed by atoms with E-state index in [1.54, 1.807) is 47.4 Å². The van der Waals surface area contributed by atoms with E-state index in [1.807, 2.05) is 12.1 Å². The van der Waals surface area contributed by atoms with Crippen LogP contribution in [0.25, 0.3) is 0 Å². The first-order chi connectivity index (χ1) is 17.6. The van der Waals surface area contributed by atoms with Crippen LogP contribution < -0.4 is 15.4 Å². The molecule has 1 heterocycles. The Balaban J connectivity index is 1.58. The molecule has 0 saturated carbocycles. The van der Waals surface area contributed by atoms with Gasteiger partial charge in [0.05, 0.1) is 6.42 Å². The number of alkyl halides is 3. The van der Waals surface area contributed by atoms with Crippen LogP contribution in [0.2, 0.25) is 5.02 Å². The molecule has 1 aliphatic heterocycles. The van der Waals surface area contributed by atoms with Gasteiger partial charge in [-0.3, -0.25) is 9.59 Å². The summed E-state index contributed by atoms with van der Waals surface area (Å²) in [4.78, 5) is 28.3. The Morgan fingerprint density at radius 3 is 2.30 bits per heavy atom. The van der Waals surface area contributed by atoms with E-state index in [-0.39, 0.29) is 17.2 Å². The highest BCUT2D eigenvalue weighted by Gasteiger charge is 2.53. The smallest absolute Gasteiger partial charge is 0.406 e. The lowest BCUT2D eigenvalue weighted by Gasteiger charge is -2.36. The molecule has 11 heteroatoms. The van der Waals surface area contributed by atoms with Gasteiger partial charge in [-0.05, 0) is 66.2 Å². The van der Waals surface area contributed by atoms with Crippen LogP contribution >= 0.6 is 23.8 Å². The van der Waals surface area contributed by atoms with E-state index in [1.165, 1.54) is 12.1 Å². The van der Waals surface area contributed by atoms with Crippen LogP contribution in [0.4, 0.5) is 18.9 Å². The van der Waals surface area contributed by atoms with Crippen LogP contribution in [0.5, 0.6) is 5.75 Å². The third kappa shape index (κ3) is 6.20. The molecule has 0 radical (unpaired) electrons. The van der Waals surface area contributed by atoms with Crippen LogP contribution in [0.3, 0.4) is 0 Å². The fourth-order valence-corrected chi connectivity index (χ4v) is 4.67. The second-order valence-corrected chi connectivity index (χ2v) is 9.13. The number of anilines is 1. The first-order valence-electron chi connectivity index (χ1n) is 11.2. The molecule has 1 unspecified atom stereocenters. The van der Waals surface area contributed by atoms with E-state index < -0.39 is 29.5 Å². The van der Waals surface area contributed by atoms with E-state index in [0.29, 0.717) is 23.6 Å². The number of nitrogens with one attached hydrogen (secondary N) is 2. The summed E-state index contributed by atoms with van der Waals surface area (Å²) < 4.78 is 41.1. The monoisotopic (exact) mass is 547 g/mol. The maximum atomic E-state index is 13.4. The van der Waals surface area contributed by atoms with Crippen molar-refractivity contribution in [2.24, 2.45) is 0 Å². The molecule has 2 N–H and O–H groups in total. The molecule has 192 valence electrons. The topological polar surface area (TPSA) is 70.7 Å². The zero-order chi connectivity index (χ0) is 26.6. The molecule has 0 spiro atoms. The minimum atomic E-state index is -4.82. The Kier molecular flexibility index (Phi) is 7.70. The Labute approximate surface area is 221 Å². The number of carbonyl (C=O) groups is 2. The molecule has 1 atom stereocenters. The van der Waals surface area contributed by atoms with Gasteiger partial charge in [0.2, 0.25) is 5.91 Å². The summed E-state index contributed by atoms with van der Waals surface area (Å²) in [5.74, 6) is -1.38. The Morgan fingerprint density at radius 1 is 1.03 bits per heavy atom. The molecule has 3 aromatic carbocycles. The first-order valence-corrected chi connectivity index (χ1v) is 11.9. The minimum absolute atomic E-state index is 0.198. The summed E-state index contributed by atoms with van der Waals surface area (Å²) in [5.41, 5.74) is 0.372. The highest BCUT2D eigenvalue weighted by atomic mass is 35.5. The summed E-state index contributed by atoms with van der Waals surface area (Å²) in [5, 5.41) is 6.14. The fourth-order valence-electron chi connectivity index (χ4n) is 4.20. The SMILES string of the molecule is O=C(CC1(c2ccccc2)C(=O)NC(=S)N1CCc1ccc(Cl)cc1)Nc1ccc(OC(F)(F)F)cc1. The van der Waals surface area contributed by atoms with Crippen LogP contribution in [-0.2, 0) is 21.5 Å². The number of hydrogen-bond donors (Lipinski definition) is 2. The number of hydrogen-bond acceptors (Lipinski definition) is 4. The largest absolute Gasteiger partial charge is 0.573 e. The van der Waals surface area contributed by atoms with Crippen LogP contribution in [0.1, 0.15) is 17.5 Å². The van der Waals surface area contributed by atoms with Gasteiger partial charge in [-0.2, -0.15) is 0 Å². The van der Waals surface area contributed by atoms with Crippen molar-refractivity contribution in [2.45, 2.75) is 24.7 Å². The average Bonchev–Trinajstić information content (AvgIpc) is 3.08. The van der Waals surface area contributed by atoms with Gasteiger partial charge < -0.3 is 20.3 Å². The summed E-state index contributed by atoms with van der Waals surface area (Å²) in [6, 6.07) is 20.9. The van der Waals surface area contributed by atoms with Crippen molar-refractivity contribution >= 4 is 46.4 Å². The molecule has 1 saturated heterocycles. The predicted octanol–water partition coefficient (Wildman–Crippen LogP) is 5.42. The summed E-state index contributed by atoms with van der Waals surface area (Å²) in [6.07, 6.45) is -4.58. The molecular weight excluding hydrogens is 527 g/mol. The number of thiocarbonyl (C=S) groups is 1. The lowest BCUT2D eigenvalue weighted by atomic mass is 9.84. The number of ether oxygens (including phenoxy) is 1. The number of halogens is 4. The van der Waals surface area contributed by atoms with Crippen molar-refractivity contribution in [2.75, 3.05) is 11.9 Å². The maximum absolute atomic E-state index is 13.4. The van der Waals surface area contributed by atoms with Gasteiger partial charge in [0.25, 0.3) is 5.91 Å². The maximum Gasteiger partial charge on any atom is 0.573 e. The first kappa shape index (κ1) is 26.4. The van der Waals surface area contributed by atoms with Gasteiger partial charge in [0, 0.05) is 17.3 Å². The number of nitrogens with zero attached hydrogens (tertiary/aromatic N) is 1. The molecule has 1 fully saturated rings. The number of carbonyl (C=O) groups excluding carboxylic acids is 2. The van der Waals surface area contributed by atoms with Crippen LogP contribution in [0, 0.1) is 0 Å².